The number of amides is 1. The maximum absolute atomic E-state index is 12.2. The van der Waals surface area contributed by atoms with Crippen molar-refractivity contribution in [2.24, 2.45) is 0 Å². The monoisotopic (exact) mass is 353 g/mol. The highest BCUT2D eigenvalue weighted by Crippen LogP contribution is 2.18. The molecule has 2 heterocycles. The van der Waals surface area contributed by atoms with Crippen molar-refractivity contribution >= 4 is 23.9 Å². The summed E-state index contributed by atoms with van der Waals surface area (Å²) in [4.78, 5) is 16.5. The average Bonchev–Trinajstić information content (AvgIpc) is 2.94. The molecule has 7 heteroatoms. The zero-order valence-corrected chi connectivity index (χ0v) is 14.9. The molecule has 0 saturated heterocycles. The lowest BCUT2D eigenvalue weighted by molar-refractivity contribution is -0.116. The molecule has 6 nitrogen and oxygen atoms in total. The van der Waals surface area contributed by atoms with Crippen LogP contribution in [0.1, 0.15) is 17.7 Å². The molecule has 0 bridgehead atoms. The minimum absolute atomic E-state index is 0.115. The Labute approximate surface area is 150 Å². The number of nitrogens with zero attached hydrogens (tertiary/aromatic N) is 3. The second kappa shape index (κ2) is 7.40. The van der Waals surface area contributed by atoms with Crippen LogP contribution in [0.5, 0.6) is 0 Å². The Morgan fingerprint density at radius 3 is 2.68 bits per heavy atom. The van der Waals surface area contributed by atoms with Crippen molar-refractivity contribution in [3.63, 3.8) is 0 Å². The minimum atomic E-state index is -0.115. The third-order valence-electron chi connectivity index (χ3n) is 3.79. The van der Waals surface area contributed by atoms with Crippen molar-refractivity contribution in [1.82, 2.24) is 19.7 Å². The van der Waals surface area contributed by atoms with Crippen molar-refractivity contribution in [2.75, 3.05) is 5.32 Å². The fourth-order valence-electron chi connectivity index (χ4n) is 2.48. The highest BCUT2D eigenvalue weighted by molar-refractivity contribution is 7.71. The van der Waals surface area contributed by atoms with Gasteiger partial charge in [0.25, 0.3) is 0 Å². The number of anilines is 1. The Hall–Kier alpha value is -2.80. The molecule has 1 amide bonds. The van der Waals surface area contributed by atoms with Gasteiger partial charge in [-0.2, -0.15) is 5.10 Å². The number of H-pyrrole nitrogens is 1. The van der Waals surface area contributed by atoms with Crippen LogP contribution in [0.2, 0.25) is 0 Å². The number of carbonyl (C=O) groups excluding carboxylic acids is 1. The lowest BCUT2D eigenvalue weighted by Gasteiger charge is -2.08. The summed E-state index contributed by atoms with van der Waals surface area (Å²) in [6.07, 6.45) is 0.280. The van der Waals surface area contributed by atoms with Crippen LogP contribution in [0.25, 0.3) is 11.4 Å². The number of pyridine rings is 1. The van der Waals surface area contributed by atoms with Crippen molar-refractivity contribution in [3.05, 3.63) is 58.5 Å². The zero-order valence-electron chi connectivity index (χ0n) is 14.1. The fraction of sp³-hybridized carbons (Fsp3) is 0.222. The fourth-order valence-corrected chi connectivity index (χ4v) is 2.70. The second-order valence-electron chi connectivity index (χ2n) is 5.83. The van der Waals surface area contributed by atoms with Gasteiger partial charge in [-0.15, -0.1) is 0 Å². The molecule has 0 atom stereocenters. The lowest BCUT2D eigenvalue weighted by Crippen LogP contribution is -2.16. The molecule has 25 heavy (non-hydrogen) atoms. The third-order valence-corrected chi connectivity index (χ3v) is 4.10. The van der Waals surface area contributed by atoms with E-state index in [4.69, 9.17) is 12.2 Å². The van der Waals surface area contributed by atoms with E-state index < -0.39 is 0 Å². The molecule has 3 rings (SSSR count). The predicted molar refractivity (Wildman–Crippen MR) is 99.8 cm³/mol. The van der Waals surface area contributed by atoms with E-state index >= 15 is 0 Å². The molecule has 1 aromatic carbocycles. The Balaban J connectivity index is 1.71. The Morgan fingerprint density at radius 2 is 1.96 bits per heavy atom. The molecule has 0 aliphatic heterocycles. The van der Waals surface area contributed by atoms with Gasteiger partial charge in [0.1, 0.15) is 5.82 Å². The molecule has 0 spiro atoms. The summed E-state index contributed by atoms with van der Waals surface area (Å²) in [7, 11) is 0. The smallest absolute Gasteiger partial charge is 0.227 e. The lowest BCUT2D eigenvalue weighted by atomic mass is 10.1. The van der Waals surface area contributed by atoms with Crippen LogP contribution in [0.4, 0.5) is 5.82 Å². The molecule has 0 saturated carbocycles. The summed E-state index contributed by atoms with van der Waals surface area (Å²) in [6, 6.07) is 13.5. The van der Waals surface area contributed by atoms with Gasteiger partial charge in [-0.1, -0.05) is 35.9 Å². The first-order valence-electron chi connectivity index (χ1n) is 7.99. The molecule has 0 unspecified atom stereocenters. The summed E-state index contributed by atoms with van der Waals surface area (Å²) in [5, 5.41) is 9.90. The quantitative estimate of drug-likeness (QED) is 0.687. The Kier molecular flexibility index (Phi) is 5.04. The van der Waals surface area contributed by atoms with Gasteiger partial charge in [-0.25, -0.2) is 4.98 Å². The standard InChI is InChI=1S/C18H19N5OS/c1-12-6-8-14(9-7-12)17-21-22-18(25)23(17)11-10-16(24)20-15-5-3-4-13(2)19-15/h3-9H,10-11H2,1-2H3,(H,22,25)(H,19,20,24). The van der Waals surface area contributed by atoms with Gasteiger partial charge in [-0.3, -0.25) is 14.5 Å². The van der Waals surface area contributed by atoms with Gasteiger partial charge in [0, 0.05) is 24.2 Å². The van der Waals surface area contributed by atoms with Crippen LogP contribution in [0.3, 0.4) is 0 Å². The van der Waals surface area contributed by atoms with E-state index in [0.29, 0.717) is 17.1 Å². The van der Waals surface area contributed by atoms with E-state index in [1.807, 2.05) is 54.8 Å². The van der Waals surface area contributed by atoms with Crippen molar-refractivity contribution in [3.8, 4) is 11.4 Å². The molecule has 0 radical (unpaired) electrons. The molecule has 2 aromatic heterocycles. The Morgan fingerprint density at radius 1 is 1.20 bits per heavy atom. The number of benzene rings is 1. The molecular formula is C18H19N5OS. The largest absolute Gasteiger partial charge is 0.311 e. The van der Waals surface area contributed by atoms with Crippen molar-refractivity contribution < 1.29 is 4.79 Å². The van der Waals surface area contributed by atoms with Gasteiger partial charge in [0.05, 0.1) is 0 Å². The Bertz CT molecular complexity index is 943. The maximum atomic E-state index is 12.2. The highest BCUT2D eigenvalue weighted by Gasteiger charge is 2.11. The van der Waals surface area contributed by atoms with Gasteiger partial charge >= 0.3 is 0 Å². The van der Waals surface area contributed by atoms with Gasteiger partial charge in [0.2, 0.25) is 5.91 Å². The first-order valence-corrected chi connectivity index (χ1v) is 8.39. The number of hydrogen-bond donors (Lipinski definition) is 2. The number of rotatable bonds is 5. The molecule has 3 aromatic rings. The summed E-state index contributed by atoms with van der Waals surface area (Å²) in [5.74, 6) is 1.17. The van der Waals surface area contributed by atoms with Gasteiger partial charge in [-0.05, 0) is 38.2 Å². The molecule has 0 aliphatic rings. The van der Waals surface area contributed by atoms with Gasteiger partial charge in [0.15, 0.2) is 10.6 Å². The molecular weight excluding hydrogens is 334 g/mol. The van der Waals surface area contributed by atoms with E-state index in [1.165, 1.54) is 5.56 Å². The van der Waals surface area contributed by atoms with E-state index in [0.717, 1.165) is 17.1 Å². The number of hydrogen-bond acceptors (Lipinski definition) is 4. The highest BCUT2D eigenvalue weighted by atomic mass is 32.1. The van der Waals surface area contributed by atoms with Crippen LogP contribution in [-0.2, 0) is 11.3 Å². The van der Waals surface area contributed by atoms with E-state index in [1.54, 1.807) is 6.07 Å². The number of nitrogens with one attached hydrogen (secondary N) is 2. The SMILES string of the molecule is Cc1ccc(-c2n[nH]c(=S)n2CCC(=O)Nc2cccc(C)n2)cc1. The first kappa shape index (κ1) is 17.0. The van der Waals surface area contributed by atoms with Crippen LogP contribution >= 0.6 is 12.2 Å². The van der Waals surface area contributed by atoms with Gasteiger partial charge < -0.3 is 5.32 Å². The number of aromatic nitrogens is 4. The van der Waals surface area contributed by atoms with Crippen molar-refractivity contribution in [2.45, 2.75) is 26.8 Å². The normalized spacial score (nSPS) is 10.6. The van der Waals surface area contributed by atoms with Crippen molar-refractivity contribution in [1.29, 1.82) is 0 Å². The van der Waals surface area contributed by atoms with Crippen LogP contribution in [-0.4, -0.2) is 25.7 Å². The number of aryl methyl sites for hydroxylation is 2. The van der Waals surface area contributed by atoms with Crippen LogP contribution < -0.4 is 5.32 Å². The second-order valence-corrected chi connectivity index (χ2v) is 6.22. The summed E-state index contributed by atoms with van der Waals surface area (Å²) >= 11 is 5.30. The summed E-state index contributed by atoms with van der Waals surface area (Å²) < 4.78 is 2.33. The van der Waals surface area contributed by atoms with E-state index in [-0.39, 0.29) is 12.3 Å². The maximum Gasteiger partial charge on any atom is 0.227 e. The molecule has 0 fully saturated rings. The van der Waals surface area contributed by atoms with E-state index in [2.05, 4.69) is 20.5 Å². The first-order chi connectivity index (χ1) is 12.0. The van der Waals surface area contributed by atoms with E-state index in [9.17, 15) is 4.79 Å². The number of carbonyl (C=O) groups is 1. The average molecular weight is 353 g/mol. The summed E-state index contributed by atoms with van der Waals surface area (Å²) in [6.45, 7) is 4.36. The number of aromatic amines is 1. The predicted octanol–water partition coefficient (Wildman–Crippen LogP) is 3.65. The topological polar surface area (TPSA) is 75.6 Å². The van der Waals surface area contributed by atoms with Crippen LogP contribution in [0.15, 0.2) is 42.5 Å². The van der Waals surface area contributed by atoms with Crippen LogP contribution in [0, 0.1) is 18.6 Å². The minimum Gasteiger partial charge on any atom is -0.311 e. The molecule has 0 aliphatic carbocycles. The summed E-state index contributed by atoms with van der Waals surface area (Å²) in [5.41, 5.74) is 2.99. The molecule has 2 N–H and O–H groups in total. The molecule has 128 valence electrons. The third kappa shape index (κ3) is 4.19. The zero-order chi connectivity index (χ0) is 17.8.